The van der Waals surface area contributed by atoms with Crippen molar-refractivity contribution in [2.24, 2.45) is 44.3 Å². The van der Waals surface area contributed by atoms with Crippen LogP contribution >= 0.6 is 0 Å². The molecule has 7 rings (SSSR count). The summed E-state index contributed by atoms with van der Waals surface area (Å²) in [6, 6.07) is 0. The first-order chi connectivity index (χ1) is 22.7. The SMILES string of the molecule is CC12CC[C@](C)(COC(=O)c3cnccn3)CC1=C1C=CC3C4(C)CCC(OC(=O)c5cnccn5)C(C)(C)C4CCC3(C)[C@]1(C)CC2. The molecule has 0 spiro atoms. The molecule has 0 amide bonds. The van der Waals surface area contributed by atoms with E-state index in [0.29, 0.717) is 18.4 Å². The minimum atomic E-state index is -0.400. The van der Waals surface area contributed by atoms with Crippen LogP contribution in [-0.2, 0) is 9.47 Å². The number of hydrogen-bond donors (Lipinski definition) is 0. The molecule has 6 unspecified atom stereocenters. The number of allylic oxidation sites excluding steroid dienone is 4. The van der Waals surface area contributed by atoms with E-state index in [4.69, 9.17) is 9.47 Å². The number of nitrogens with zero attached hydrogens (tertiary/aromatic N) is 4. The number of fused-ring (bicyclic) bond motifs is 6. The first-order valence-electron chi connectivity index (χ1n) is 18.0. The van der Waals surface area contributed by atoms with Gasteiger partial charge in [0.25, 0.3) is 0 Å². The maximum absolute atomic E-state index is 13.1. The van der Waals surface area contributed by atoms with Crippen molar-refractivity contribution in [2.75, 3.05) is 6.61 Å². The van der Waals surface area contributed by atoms with E-state index >= 15 is 0 Å². The summed E-state index contributed by atoms with van der Waals surface area (Å²) in [5.74, 6) is 0.0823. The summed E-state index contributed by atoms with van der Waals surface area (Å²) in [5.41, 5.74) is 3.81. The minimum Gasteiger partial charge on any atom is -0.460 e. The van der Waals surface area contributed by atoms with E-state index in [1.54, 1.807) is 29.7 Å². The van der Waals surface area contributed by atoms with Crippen LogP contribution in [0.5, 0.6) is 0 Å². The highest BCUT2D eigenvalue weighted by Gasteiger charge is 2.67. The van der Waals surface area contributed by atoms with Crippen LogP contribution in [0.1, 0.15) is 127 Å². The normalized spacial score (nSPS) is 39.7. The quantitative estimate of drug-likeness (QED) is 0.297. The summed E-state index contributed by atoms with van der Waals surface area (Å²) in [6.07, 6.45) is 23.7. The molecule has 0 saturated heterocycles. The van der Waals surface area contributed by atoms with Crippen LogP contribution in [0.25, 0.3) is 0 Å². The molecule has 8 atom stereocenters. The van der Waals surface area contributed by atoms with Crippen LogP contribution < -0.4 is 0 Å². The molecule has 2 heterocycles. The van der Waals surface area contributed by atoms with Gasteiger partial charge in [0, 0.05) is 35.6 Å². The van der Waals surface area contributed by atoms with Crippen molar-refractivity contribution >= 4 is 11.9 Å². The van der Waals surface area contributed by atoms with Gasteiger partial charge in [-0.15, -0.1) is 0 Å². The number of hydrogen-bond acceptors (Lipinski definition) is 8. The molecule has 3 fully saturated rings. The molecule has 48 heavy (non-hydrogen) atoms. The van der Waals surface area contributed by atoms with Crippen LogP contribution in [0.4, 0.5) is 0 Å². The number of rotatable bonds is 5. The largest absolute Gasteiger partial charge is 0.460 e. The van der Waals surface area contributed by atoms with Gasteiger partial charge in [0.15, 0.2) is 11.4 Å². The number of aromatic nitrogens is 4. The Morgan fingerprint density at radius 3 is 2.12 bits per heavy atom. The first kappa shape index (κ1) is 33.1. The van der Waals surface area contributed by atoms with Gasteiger partial charge in [-0.25, -0.2) is 19.6 Å². The number of esters is 2. The average Bonchev–Trinajstić information content (AvgIpc) is 3.07. The topological polar surface area (TPSA) is 104 Å². The smallest absolute Gasteiger partial charge is 0.358 e. The van der Waals surface area contributed by atoms with Gasteiger partial charge in [-0.3, -0.25) is 9.97 Å². The van der Waals surface area contributed by atoms with Gasteiger partial charge in [-0.05, 0) is 96.9 Å². The predicted octanol–water partition coefficient (Wildman–Crippen LogP) is 8.37. The van der Waals surface area contributed by atoms with Crippen molar-refractivity contribution in [1.82, 2.24) is 19.9 Å². The molecule has 5 aliphatic rings. The third-order valence-corrected chi connectivity index (χ3v) is 14.6. The Kier molecular flexibility index (Phi) is 7.80. The van der Waals surface area contributed by atoms with Gasteiger partial charge < -0.3 is 9.47 Å². The van der Waals surface area contributed by atoms with Crippen molar-refractivity contribution in [3.05, 3.63) is 71.9 Å². The van der Waals surface area contributed by atoms with E-state index in [-0.39, 0.29) is 56.0 Å². The second kappa shape index (κ2) is 11.3. The van der Waals surface area contributed by atoms with E-state index in [0.717, 1.165) is 44.9 Å². The molecule has 0 aromatic carbocycles. The summed E-state index contributed by atoms with van der Waals surface area (Å²) >= 11 is 0. The van der Waals surface area contributed by atoms with Gasteiger partial charge >= 0.3 is 11.9 Å². The number of carbonyl (C=O) groups is 2. The molecule has 0 aliphatic heterocycles. The highest BCUT2D eigenvalue weighted by Crippen LogP contribution is 2.74. The first-order valence-corrected chi connectivity index (χ1v) is 18.0. The molecule has 8 heteroatoms. The third kappa shape index (κ3) is 4.98. The standard InChI is InChI=1S/C40H52N4O4/c1-35(2)30-10-13-40(7)31(38(30,5)12-11-32(35)48-34(46)29-24-42-19-21-44-29)9-8-26-27-22-36(3,14-15-37(27,4)16-17-39(26,40)6)25-47-33(45)28-23-41-18-20-43-28/h8-9,18-21,23-24,30-32H,10-17,22,25H2,1-7H3/t30?,31?,32?,36-,37?,38?,39+,40?/m0/s1. The van der Waals surface area contributed by atoms with Crippen LogP contribution in [0.15, 0.2) is 60.5 Å². The zero-order valence-corrected chi connectivity index (χ0v) is 29.8. The molecule has 256 valence electrons. The van der Waals surface area contributed by atoms with Gasteiger partial charge in [0.05, 0.1) is 19.0 Å². The Labute approximate surface area is 285 Å². The Morgan fingerprint density at radius 1 is 0.792 bits per heavy atom. The van der Waals surface area contributed by atoms with Crippen molar-refractivity contribution in [3.63, 3.8) is 0 Å². The third-order valence-electron chi connectivity index (χ3n) is 14.6. The van der Waals surface area contributed by atoms with Crippen LogP contribution in [-0.4, -0.2) is 44.6 Å². The van der Waals surface area contributed by atoms with E-state index < -0.39 is 5.97 Å². The van der Waals surface area contributed by atoms with E-state index in [1.807, 2.05) is 0 Å². The Morgan fingerprint density at radius 2 is 1.46 bits per heavy atom. The highest BCUT2D eigenvalue weighted by molar-refractivity contribution is 5.87. The Bertz CT molecular complexity index is 1660. The molecule has 3 saturated carbocycles. The summed E-state index contributed by atoms with van der Waals surface area (Å²) in [6.45, 7) is 17.5. The van der Waals surface area contributed by atoms with Gasteiger partial charge in [-0.2, -0.15) is 0 Å². The van der Waals surface area contributed by atoms with Crippen molar-refractivity contribution < 1.29 is 19.1 Å². The maximum atomic E-state index is 13.1. The molecule has 8 nitrogen and oxygen atoms in total. The van der Waals surface area contributed by atoms with E-state index in [9.17, 15) is 9.59 Å². The van der Waals surface area contributed by atoms with E-state index in [2.05, 4.69) is 80.6 Å². The van der Waals surface area contributed by atoms with Crippen molar-refractivity contribution in [3.8, 4) is 0 Å². The lowest BCUT2D eigenvalue weighted by Crippen LogP contribution is -2.63. The zero-order valence-electron chi connectivity index (χ0n) is 29.8. The molecule has 0 radical (unpaired) electrons. The highest BCUT2D eigenvalue weighted by atomic mass is 16.5. The lowest BCUT2D eigenvalue weighted by atomic mass is 9.35. The number of carbonyl (C=O) groups excluding carboxylic acids is 2. The minimum absolute atomic E-state index is 0.0588. The summed E-state index contributed by atoms with van der Waals surface area (Å²) < 4.78 is 12.1. The second-order valence-electron chi connectivity index (χ2n) is 17.6. The summed E-state index contributed by atoms with van der Waals surface area (Å²) in [7, 11) is 0. The molecule has 2 aromatic rings. The fourth-order valence-electron chi connectivity index (χ4n) is 11.4. The Balaban J connectivity index is 1.17. The molecular formula is C40H52N4O4. The predicted molar refractivity (Wildman–Crippen MR) is 183 cm³/mol. The van der Waals surface area contributed by atoms with Crippen molar-refractivity contribution in [2.45, 2.75) is 112 Å². The monoisotopic (exact) mass is 652 g/mol. The Hall–Kier alpha value is -3.42. The second-order valence-corrected chi connectivity index (χ2v) is 17.6. The van der Waals surface area contributed by atoms with E-state index in [1.165, 1.54) is 31.4 Å². The van der Waals surface area contributed by atoms with Crippen molar-refractivity contribution in [1.29, 1.82) is 0 Å². The fourth-order valence-corrected chi connectivity index (χ4v) is 11.4. The lowest BCUT2D eigenvalue weighted by molar-refractivity contribution is -0.183. The van der Waals surface area contributed by atoms with Gasteiger partial charge in [0.2, 0.25) is 0 Å². The average molecular weight is 653 g/mol. The summed E-state index contributed by atoms with van der Waals surface area (Å²) in [5, 5.41) is 0. The molecule has 5 aliphatic carbocycles. The fraction of sp³-hybridized carbons (Fsp3) is 0.650. The van der Waals surface area contributed by atoms with Crippen LogP contribution in [0.3, 0.4) is 0 Å². The lowest BCUT2D eigenvalue weighted by Gasteiger charge is -2.69. The van der Waals surface area contributed by atoms with Gasteiger partial charge in [-0.1, -0.05) is 66.2 Å². The maximum Gasteiger partial charge on any atom is 0.358 e. The van der Waals surface area contributed by atoms with Crippen LogP contribution in [0.2, 0.25) is 0 Å². The van der Waals surface area contributed by atoms with Gasteiger partial charge in [0.1, 0.15) is 6.10 Å². The molecular weight excluding hydrogens is 600 g/mol. The molecule has 0 N–H and O–H groups in total. The van der Waals surface area contributed by atoms with Crippen LogP contribution in [0, 0.1) is 44.3 Å². The molecule has 2 aromatic heterocycles. The molecule has 0 bridgehead atoms. The number of ether oxygens (including phenoxy) is 2. The zero-order chi connectivity index (χ0) is 34.2. The summed E-state index contributed by atoms with van der Waals surface area (Å²) in [4.78, 5) is 42.3.